The Balaban J connectivity index is 3.37. The summed E-state index contributed by atoms with van der Waals surface area (Å²) in [5, 5.41) is 16.6. The third kappa shape index (κ3) is 6.22. The maximum Gasteiger partial charge on any atom is 0.367 e. The van der Waals surface area contributed by atoms with Crippen molar-refractivity contribution in [1.29, 1.82) is 0 Å². The lowest BCUT2D eigenvalue weighted by Crippen LogP contribution is -2.09. The minimum absolute atomic E-state index is 0.0236. The van der Waals surface area contributed by atoms with Crippen LogP contribution in [0.2, 0.25) is 0 Å². The molecular weight excluding hydrogens is 183 g/mol. The first kappa shape index (κ1) is 11.5. The van der Waals surface area contributed by atoms with E-state index >= 15 is 0 Å². The van der Waals surface area contributed by atoms with Gasteiger partial charge in [0, 0.05) is 0 Å². The van der Waals surface area contributed by atoms with E-state index in [-0.39, 0.29) is 25.8 Å². The molecular formula is C6H12O5P+. The van der Waals surface area contributed by atoms with Crippen molar-refractivity contribution in [2.45, 2.75) is 6.42 Å². The molecule has 0 aliphatic rings. The molecule has 0 fully saturated rings. The first-order chi connectivity index (χ1) is 5.70. The molecule has 1 atom stereocenters. The number of hydrogen-bond acceptors (Lipinski definition) is 5. The van der Waals surface area contributed by atoms with E-state index in [1.54, 1.807) is 0 Å². The van der Waals surface area contributed by atoms with Gasteiger partial charge in [0.1, 0.15) is 6.61 Å². The Kier molecular flexibility index (Phi) is 6.85. The lowest BCUT2D eigenvalue weighted by Gasteiger charge is -1.97. The second-order valence-corrected chi connectivity index (χ2v) is 3.73. The van der Waals surface area contributed by atoms with E-state index in [0.717, 1.165) is 0 Å². The number of carbonyl (C=O) groups excluding carboxylic acids is 1. The van der Waals surface area contributed by atoms with Crippen LogP contribution in [0.25, 0.3) is 0 Å². The summed E-state index contributed by atoms with van der Waals surface area (Å²) in [6, 6.07) is 0. The van der Waals surface area contributed by atoms with Crippen LogP contribution in [0.4, 0.5) is 0 Å². The predicted octanol–water partition coefficient (Wildman–Crippen LogP) is -0.311. The number of aliphatic hydroxyl groups is 2. The molecule has 0 saturated heterocycles. The van der Waals surface area contributed by atoms with Gasteiger partial charge in [-0.05, 0) is 0 Å². The van der Waals surface area contributed by atoms with E-state index in [0.29, 0.717) is 0 Å². The zero-order valence-corrected chi connectivity index (χ0v) is 7.50. The van der Waals surface area contributed by atoms with Crippen LogP contribution in [0.3, 0.4) is 0 Å². The normalized spacial score (nSPS) is 11.0. The van der Waals surface area contributed by atoms with Crippen LogP contribution in [0.1, 0.15) is 6.42 Å². The summed E-state index contributed by atoms with van der Waals surface area (Å²) < 4.78 is 15.1. The number of esters is 1. The largest absolute Gasteiger partial charge is 0.463 e. The van der Waals surface area contributed by atoms with Crippen molar-refractivity contribution in [3.8, 4) is 0 Å². The Morgan fingerprint density at radius 2 is 2.08 bits per heavy atom. The Morgan fingerprint density at radius 1 is 1.42 bits per heavy atom. The zero-order chi connectivity index (χ0) is 9.40. The molecule has 0 rings (SSSR count). The minimum Gasteiger partial charge on any atom is -0.463 e. The molecule has 0 saturated carbocycles. The lowest BCUT2D eigenvalue weighted by atomic mass is 10.5. The van der Waals surface area contributed by atoms with Gasteiger partial charge in [-0.25, -0.2) is 0 Å². The summed E-state index contributed by atoms with van der Waals surface area (Å²) in [5.74, 6) is -0.499. The van der Waals surface area contributed by atoms with Gasteiger partial charge < -0.3 is 14.9 Å². The molecule has 0 spiro atoms. The van der Waals surface area contributed by atoms with Gasteiger partial charge in [0.25, 0.3) is 0 Å². The summed E-state index contributed by atoms with van der Waals surface area (Å²) in [5.41, 5.74) is 0. The van der Waals surface area contributed by atoms with Gasteiger partial charge in [-0.3, -0.25) is 4.79 Å². The molecule has 0 aliphatic heterocycles. The molecule has 0 aliphatic carbocycles. The van der Waals surface area contributed by atoms with E-state index in [2.05, 4.69) is 4.74 Å². The monoisotopic (exact) mass is 195 g/mol. The van der Waals surface area contributed by atoms with Crippen molar-refractivity contribution in [3.05, 3.63) is 0 Å². The smallest absolute Gasteiger partial charge is 0.367 e. The molecule has 0 radical (unpaired) electrons. The summed E-state index contributed by atoms with van der Waals surface area (Å²) in [7, 11) is -1.68. The average molecular weight is 195 g/mol. The van der Waals surface area contributed by atoms with Crippen molar-refractivity contribution in [1.82, 2.24) is 0 Å². The van der Waals surface area contributed by atoms with Crippen LogP contribution in [0.15, 0.2) is 0 Å². The first-order valence-corrected chi connectivity index (χ1v) is 5.13. The zero-order valence-electron chi connectivity index (χ0n) is 6.60. The Morgan fingerprint density at radius 3 is 2.58 bits per heavy atom. The Hall–Kier alpha value is -0.510. The Labute approximate surface area is 71.1 Å². The number of ether oxygens (including phenoxy) is 1. The second kappa shape index (κ2) is 7.16. The van der Waals surface area contributed by atoms with Gasteiger partial charge in [0.15, 0.2) is 6.16 Å². The number of aliphatic hydroxyl groups excluding tert-OH is 2. The summed E-state index contributed by atoms with van der Waals surface area (Å²) >= 11 is 0. The van der Waals surface area contributed by atoms with Gasteiger partial charge in [0.2, 0.25) is 6.35 Å². The number of carbonyl (C=O) groups is 1. The molecule has 5 nitrogen and oxygen atoms in total. The molecule has 0 aromatic carbocycles. The SMILES string of the molecule is O=C(CC[P+](=O)CO)OCCO. The quantitative estimate of drug-likeness (QED) is 0.448. The van der Waals surface area contributed by atoms with Gasteiger partial charge >= 0.3 is 13.8 Å². The topological polar surface area (TPSA) is 83.8 Å². The second-order valence-electron chi connectivity index (χ2n) is 2.04. The molecule has 0 bridgehead atoms. The van der Waals surface area contributed by atoms with Crippen molar-refractivity contribution in [2.24, 2.45) is 0 Å². The highest BCUT2D eigenvalue weighted by atomic mass is 31.1. The summed E-state index contributed by atoms with van der Waals surface area (Å²) in [6.45, 7) is -0.243. The Bertz CT molecular complexity index is 158. The predicted molar refractivity (Wildman–Crippen MR) is 42.2 cm³/mol. The fourth-order valence-electron chi connectivity index (χ4n) is 0.518. The molecule has 70 valence electrons. The van der Waals surface area contributed by atoms with Crippen LogP contribution in [0.5, 0.6) is 0 Å². The van der Waals surface area contributed by atoms with Crippen molar-refractivity contribution in [2.75, 3.05) is 25.7 Å². The highest BCUT2D eigenvalue weighted by molar-refractivity contribution is 7.44. The minimum atomic E-state index is -1.68. The molecule has 0 aromatic rings. The van der Waals surface area contributed by atoms with Crippen LogP contribution < -0.4 is 0 Å². The maximum atomic E-state index is 10.7. The van der Waals surface area contributed by atoms with E-state index < -0.39 is 20.1 Å². The van der Waals surface area contributed by atoms with Gasteiger partial charge in [-0.1, -0.05) is 4.57 Å². The highest BCUT2D eigenvalue weighted by Gasteiger charge is 2.15. The van der Waals surface area contributed by atoms with E-state index in [1.165, 1.54) is 0 Å². The van der Waals surface area contributed by atoms with Crippen molar-refractivity contribution in [3.63, 3.8) is 0 Å². The van der Waals surface area contributed by atoms with Crippen LogP contribution in [0, 0.1) is 0 Å². The maximum absolute atomic E-state index is 10.7. The molecule has 0 aromatic heterocycles. The van der Waals surface area contributed by atoms with Gasteiger partial charge in [-0.2, -0.15) is 0 Å². The lowest BCUT2D eigenvalue weighted by molar-refractivity contribution is -0.144. The molecule has 2 N–H and O–H groups in total. The van der Waals surface area contributed by atoms with Crippen LogP contribution in [-0.4, -0.2) is 41.9 Å². The average Bonchev–Trinajstić information content (AvgIpc) is 2.10. The van der Waals surface area contributed by atoms with Gasteiger partial charge in [0.05, 0.1) is 13.0 Å². The number of rotatable bonds is 6. The van der Waals surface area contributed by atoms with Crippen LogP contribution in [-0.2, 0) is 14.1 Å². The van der Waals surface area contributed by atoms with E-state index in [4.69, 9.17) is 10.2 Å². The summed E-state index contributed by atoms with van der Waals surface area (Å²) in [4.78, 5) is 10.7. The van der Waals surface area contributed by atoms with E-state index in [9.17, 15) is 9.36 Å². The van der Waals surface area contributed by atoms with Crippen molar-refractivity contribution >= 4 is 13.8 Å². The van der Waals surface area contributed by atoms with Crippen molar-refractivity contribution < 1.29 is 24.3 Å². The molecule has 6 heteroatoms. The number of hydrogen-bond donors (Lipinski definition) is 2. The third-order valence-electron chi connectivity index (χ3n) is 1.08. The van der Waals surface area contributed by atoms with Gasteiger partial charge in [-0.15, -0.1) is 0 Å². The fraction of sp³-hybridized carbons (Fsp3) is 0.833. The fourth-order valence-corrected chi connectivity index (χ4v) is 1.09. The van der Waals surface area contributed by atoms with Crippen LogP contribution >= 0.6 is 7.80 Å². The molecule has 0 heterocycles. The summed E-state index contributed by atoms with van der Waals surface area (Å²) in [6.07, 6.45) is -0.242. The standard InChI is InChI=1S/C6H12O5P/c7-2-3-11-6(9)1-4-12(10)5-8/h7-8H,1-5H2/q+1. The van der Waals surface area contributed by atoms with E-state index in [1.807, 2.05) is 0 Å². The highest BCUT2D eigenvalue weighted by Crippen LogP contribution is 2.18. The third-order valence-corrected chi connectivity index (χ3v) is 2.12. The molecule has 12 heavy (non-hydrogen) atoms. The first-order valence-electron chi connectivity index (χ1n) is 3.50. The molecule has 0 amide bonds. The molecule has 1 unspecified atom stereocenters.